The second-order valence-electron chi connectivity index (χ2n) is 4.26. The SMILES string of the molecule is CCc1nc(N)sc1Cc1cc(C(F)(F)F)ccc1Cl. The quantitative estimate of drug-likeness (QED) is 0.901. The van der Waals surface area contributed by atoms with Gasteiger partial charge in [0.2, 0.25) is 0 Å². The lowest BCUT2D eigenvalue weighted by atomic mass is 10.1. The van der Waals surface area contributed by atoms with Crippen molar-refractivity contribution in [2.24, 2.45) is 0 Å². The van der Waals surface area contributed by atoms with Gasteiger partial charge in [-0.3, -0.25) is 0 Å². The van der Waals surface area contributed by atoms with Crippen LogP contribution in [-0.2, 0) is 19.0 Å². The van der Waals surface area contributed by atoms with Crippen LogP contribution in [0.3, 0.4) is 0 Å². The minimum absolute atomic E-state index is 0.306. The molecule has 0 spiro atoms. The highest BCUT2D eigenvalue weighted by Gasteiger charge is 2.31. The molecule has 0 amide bonds. The van der Waals surface area contributed by atoms with Gasteiger partial charge in [-0.25, -0.2) is 4.98 Å². The summed E-state index contributed by atoms with van der Waals surface area (Å²) in [6.07, 6.45) is -3.39. The molecule has 0 radical (unpaired) electrons. The monoisotopic (exact) mass is 320 g/mol. The Kier molecular flexibility index (Phi) is 4.25. The zero-order valence-corrected chi connectivity index (χ0v) is 12.2. The number of hydrogen-bond donors (Lipinski definition) is 1. The van der Waals surface area contributed by atoms with Crippen LogP contribution in [0, 0.1) is 0 Å². The lowest BCUT2D eigenvalue weighted by molar-refractivity contribution is -0.137. The predicted molar refractivity (Wildman–Crippen MR) is 75.2 cm³/mol. The van der Waals surface area contributed by atoms with E-state index in [4.69, 9.17) is 17.3 Å². The molecule has 1 heterocycles. The molecule has 2 N–H and O–H groups in total. The van der Waals surface area contributed by atoms with Crippen molar-refractivity contribution in [3.8, 4) is 0 Å². The topological polar surface area (TPSA) is 38.9 Å². The van der Waals surface area contributed by atoms with E-state index in [1.807, 2.05) is 6.92 Å². The Morgan fingerprint density at radius 1 is 1.35 bits per heavy atom. The minimum Gasteiger partial charge on any atom is -0.375 e. The van der Waals surface area contributed by atoms with Crippen LogP contribution in [-0.4, -0.2) is 4.98 Å². The molecule has 0 aliphatic rings. The van der Waals surface area contributed by atoms with Gasteiger partial charge in [-0.05, 0) is 30.2 Å². The molecule has 1 aromatic carbocycles. The van der Waals surface area contributed by atoms with Gasteiger partial charge in [0.1, 0.15) is 0 Å². The molecule has 0 unspecified atom stereocenters. The Bertz CT molecular complexity index is 623. The van der Waals surface area contributed by atoms with E-state index >= 15 is 0 Å². The molecule has 0 aliphatic heterocycles. The first-order chi connectivity index (χ1) is 9.31. The van der Waals surface area contributed by atoms with Gasteiger partial charge in [0.25, 0.3) is 0 Å². The van der Waals surface area contributed by atoms with Gasteiger partial charge < -0.3 is 5.73 Å². The summed E-state index contributed by atoms with van der Waals surface area (Å²) < 4.78 is 38.1. The van der Waals surface area contributed by atoms with Crippen LogP contribution in [0.2, 0.25) is 5.02 Å². The smallest absolute Gasteiger partial charge is 0.375 e. The van der Waals surface area contributed by atoms with E-state index in [-0.39, 0.29) is 0 Å². The summed E-state index contributed by atoms with van der Waals surface area (Å²) in [5.41, 5.74) is 6.18. The number of benzene rings is 1. The molecule has 0 saturated carbocycles. The Morgan fingerprint density at radius 3 is 2.65 bits per heavy atom. The number of rotatable bonds is 3. The van der Waals surface area contributed by atoms with Crippen molar-refractivity contribution < 1.29 is 13.2 Å². The van der Waals surface area contributed by atoms with Gasteiger partial charge in [-0.2, -0.15) is 13.2 Å². The lowest BCUT2D eigenvalue weighted by Gasteiger charge is -2.10. The Balaban J connectivity index is 2.37. The Morgan fingerprint density at radius 2 is 2.05 bits per heavy atom. The summed E-state index contributed by atoms with van der Waals surface area (Å²) >= 11 is 7.27. The summed E-state index contributed by atoms with van der Waals surface area (Å²) in [6.45, 7) is 1.92. The normalized spacial score (nSPS) is 11.8. The molecule has 7 heteroatoms. The van der Waals surface area contributed by atoms with E-state index in [0.29, 0.717) is 28.6 Å². The average Bonchev–Trinajstić information content (AvgIpc) is 2.71. The number of nitrogens with two attached hydrogens (primary N) is 1. The molecule has 20 heavy (non-hydrogen) atoms. The average molecular weight is 321 g/mol. The zero-order valence-electron chi connectivity index (χ0n) is 10.6. The van der Waals surface area contributed by atoms with E-state index in [1.54, 1.807) is 0 Å². The summed E-state index contributed by atoms with van der Waals surface area (Å²) in [5.74, 6) is 0. The summed E-state index contributed by atoms with van der Waals surface area (Å²) in [6, 6.07) is 3.33. The maximum atomic E-state index is 12.7. The highest BCUT2D eigenvalue weighted by atomic mass is 35.5. The van der Waals surface area contributed by atoms with Crippen molar-refractivity contribution in [2.45, 2.75) is 25.9 Å². The summed E-state index contributed by atoms with van der Waals surface area (Å²) in [5, 5.41) is 0.729. The van der Waals surface area contributed by atoms with Gasteiger partial charge >= 0.3 is 6.18 Å². The van der Waals surface area contributed by atoms with Crippen molar-refractivity contribution >= 4 is 28.1 Å². The molecule has 0 bridgehead atoms. The van der Waals surface area contributed by atoms with Gasteiger partial charge in [0, 0.05) is 16.3 Å². The molecule has 2 nitrogen and oxygen atoms in total. The highest BCUT2D eigenvalue weighted by molar-refractivity contribution is 7.15. The van der Waals surface area contributed by atoms with E-state index < -0.39 is 11.7 Å². The first kappa shape index (κ1) is 15.1. The van der Waals surface area contributed by atoms with Crippen LogP contribution in [0.4, 0.5) is 18.3 Å². The fourth-order valence-corrected chi connectivity index (χ4v) is 3.01. The number of nitrogens with zero attached hydrogens (tertiary/aromatic N) is 1. The first-order valence-corrected chi connectivity index (χ1v) is 7.10. The third kappa shape index (κ3) is 3.24. The van der Waals surface area contributed by atoms with Gasteiger partial charge in [0.15, 0.2) is 5.13 Å². The highest BCUT2D eigenvalue weighted by Crippen LogP contribution is 2.33. The van der Waals surface area contributed by atoms with E-state index in [0.717, 1.165) is 22.7 Å². The largest absolute Gasteiger partial charge is 0.416 e. The molecule has 2 rings (SSSR count). The maximum absolute atomic E-state index is 12.7. The molecule has 0 atom stereocenters. The van der Waals surface area contributed by atoms with E-state index in [9.17, 15) is 13.2 Å². The second kappa shape index (κ2) is 5.61. The van der Waals surface area contributed by atoms with Crippen LogP contribution in [0.1, 0.15) is 28.6 Å². The number of nitrogen functional groups attached to an aromatic ring is 1. The van der Waals surface area contributed by atoms with Crippen molar-refractivity contribution in [3.63, 3.8) is 0 Å². The van der Waals surface area contributed by atoms with Crippen LogP contribution < -0.4 is 5.73 Å². The number of halogens is 4. The molecule has 0 fully saturated rings. The van der Waals surface area contributed by atoms with Gasteiger partial charge in [-0.1, -0.05) is 18.5 Å². The molecular formula is C13H12ClF3N2S. The van der Waals surface area contributed by atoms with E-state index in [2.05, 4.69) is 4.98 Å². The zero-order chi connectivity index (χ0) is 14.9. The predicted octanol–water partition coefficient (Wildman–Crippen LogP) is 4.55. The third-order valence-corrected chi connectivity index (χ3v) is 4.15. The maximum Gasteiger partial charge on any atom is 0.416 e. The van der Waals surface area contributed by atoms with Crippen LogP contribution in [0.15, 0.2) is 18.2 Å². The number of aromatic nitrogens is 1. The third-order valence-electron chi connectivity index (χ3n) is 2.85. The standard InChI is InChI=1S/C13H12ClF3N2S/c1-2-10-11(20-12(18)19-10)6-7-5-8(13(15,16)17)3-4-9(7)14/h3-5H,2,6H2,1H3,(H2,18,19). The van der Waals surface area contributed by atoms with Crippen molar-refractivity contribution in [3.05, 3.63) is 44.9 Å². The van der Waals surface area contributed by atoms with Crippen molar-refractivity contribution in [1.82, 2.24) is 4.98 Å². The second-order valence-corrected chi connectivity index (χ2v) is 5.78. The minimum atomic E-state index is -4.38. The number of thiazole rings is 1. The molecule has 108 valence electrons. The fraction of sp³-hybridized carbons (Fsp3) is 0.308. The Labute approximate surface area is 123 Å². The van der Waals surface area contributed by atoms with Gasteiger partial charge in [0.05, 0.1) is 11.3 Å². The number of alkyl halides is 3. The number of hydrogen-bond acceptors (Lipinski definition) is 3. The molecule has 2 aromatic rings. The fourth-order valence-electron chi connectivity index (χ4n) is 1.88. The number of anilines is 1. The molecule has 0 saturated heterocycles. The van der Waals surface area contributed by atoms with E-state index in [1.165, 1.54) is 17.4 Å². The van der Waals surface area contributed by atoms with Crippen molar-refractivity contribution in [1.29, 1.82) is 0 Å². The lowest BCUT2D eigenvalue weighted by Crippen LogP contribution is -2.05. The van der Waals surface area contributed by atoms with Gasteiger partial charge in [-0.15, -0.1) is 11.3 Å². The molecule has 1 aromatic heterocycles. The van der Waals surface area contributed by atoms with Crippen molar-refractivity contribution in [2.75, 3.05) is 5.73 Å². The van der Waals surface area contributed by atoms with Crippen LogP contribution in [0.25, 0.3) is 0 Å². The summed E-state index contributed by atoms with van der Waals surface area (Å²) in [7, 11) is 0. The first-order valence-electron chi connectivity index (χ1n) is 5.91. The number of aryl methyl sites for hydroxylation is 1. The van der Waals surface area contributed by atoms with Crippen LogP contribution >= 0.6 is 22.9 Å². The van der Waals surface area contributed by atoms with Crippen LogP contribution in [0.5, 0.6) is 0 Å². The molecular weight excluding hydrogens is 309 g/mol. The molecule has 0 aliphatic carbocycles. The Hall–Kier alpha value is -1.27. The summed E-state index contributed by atoms with van der Waals surface area (Å²) in [4.78, 5) is 5.01.